The van der Waals surface area contributed by atoms with Gasteiger partial charge in [-0.2, -0.15) is 0 Å². The molecular weight excluding hydrogens is 116 g/mol. The molecule has 0 radical (unpaired) electrons. The Kier molecular flexibility index (Phi) is 2.40. The summed E-state index contributed by atoms with van der Waals surface area (Å²) < 4.78 is 0. The highest BCUT2D eigenvalue weighted by atomic mass is 16.3. The zero-order valence-corrected chi connectivity index (χ0v) is 6.18. The van der Waals surface area contributed by atoms with Crippen LogP contribution in [0.15, 0.2) is 12.2 Å². The molecule has 2 nitrogen and oxygen atoms in total. The summed E-state index contributed by atoms with van der Waals surface area (Å²) in [5.74, 6) is 0. The number of aliphatic hydroxyl groups is 2. The lowest BCUT2D eigenvalue weighted by Crippen LogP contribution is -2.37. The highest BCUT2D eigenvalue weighted by molar-refractivity contribution is 5.09. The molecule has 2 atom stereocenters. The molecule has 2 N–H and O–H groups in total. The highest BCUT2D eigenvalue weighted by Gasteiger charge is 2.26. The van der Waals surface area contributed by atoms with E-state index in [9.17, 15) is 5.11 Å². The maximum absolute atomic E-state index is 9.32. The Balaban J connectivity index is 4.19. The van der Waals surface area contributed by atoms with Crippen LogP contribution in [0.1, 0.15) is 20.8 Å². The van der Waals surface area contributed by atoms with Gasteiger partial charge in [0.25, 0.3) is 0 Å². The Labute approximate surface area is 55.8 Å². The molecule has 0 aromatic rings. The molecule has 0 saturated heterocycles. The first-order chi connectivity index (χ1) is 3.89. The monoisotopic (exact) mass is 130 g/mol. The van der Waals surface area contributed by atoms with E-state index in [4.69, 9.17) is 5.11 Å². The second kappa shape index (κ2) is 2.50. The van der Waals surface area contributed by atoms with Crippen molar-refractivity contribution in [2.24, 2.45) is 0 Å². The van der Waals surface area contributed by atoms with Gasteiger partial charge in [0, 0.05) is 0 Å². The normalized spacial score (nSPS) is 20.6. The molecule has 0 spiro atoms. The lowest BCUT2D eigenvalue weighted by molar-refractivity contribution is -0.0235. The summed E-state index contributed by atoms with van der Waals surface area (Å²) in [6, 6.07) is 0. The minimum Gasteiger partial charge on any atom is -0.390 e. The average molecular weight is 130 g/mol. The van der Waals surface area contributed by atoms with Crippen molar-refractivity contribution in [3.63, 3.8) is 0 Å². The molecule has 9 heavy (non-hydrogen) atoms. The lowest BCUT2D eigenvalue weighted by Gasteiger charge is -2.26. The van der Waals surface area contributed by atoms with Crippen LogP contribution in [0.3, 0.4) is 0 Å². The van der Waals surface area contributed by atoms with Gasteiger partial charge in [0.2, 0.25) is 0 Å². The Morgan fingerprint density at radius 3 is 2.00 bits per heavy atom. The molecule has 0 rings (SSSR count). The van der Waals surface area contributed by atoms with Crippen molar-refractivity contribution in [1.82, 2.24) is 0 Å². The standard InChI is InChI=1S/C7H14O2/c1-5(2)7(4,9)6(3)8/h6,8-9H,1H2,2-4H3/t6-,7-/m0/s1. The van der Waals surface area contributed by atoms with Crippen molar-refractivity contribution in [3.8, 4) is 0 Å². The van der Waals surface area contributed by atoms with E-state index in [1.54, 1.807) is 13.8 Å². The van der Waals surface area contributed by atoms with E-state index in [1.165, 1.54) is 6.92 Å². The molecule has 54 valence electrons. The van der Waals surface area contributed by atoms with E-state index in [-0.39, 0.29) is 0 Å². The second-order valence-corrected chi connectivity index (χ2v) is 2.60. The number of hydrogen-bond acceptors (Lipinski definition) is 2. The van der Waals surface area contributed by atoms with Gasteiger partial charge in [-0.1, -0.05) is 6.58 Å². The first kappa shape index (κ1) is 8.66. The van der Waals surface area contributed by atoms with E-state index >= 15 is 0 Å². The average Bonchev–Trinajstić information content (AvgIpc) is 1.65. The molecule has 0 aliphatic carbocycles. The first-order valence-corrected chi connectivity index (χ1v) is 2.95. The molecule has 0 unspecified atom stereocenters. The van der Waals surface area contributed by atoms with E-state index < -0.39 is 11.7 Å². The summed E-state index contributed by atoms with van der Waals surface area (Å²) in [5, 5.41) is 18.3. The number of hydrogen-bond donors (Lipinski definition) is 2. The summed E-state index contributed by atoms with van der Waals surface area (Å²) in [5.41, 5.74) is -0.558. The largest absolute Gasteiger partial charge is 0.390 e. The van der Waals surface area contributed by atoms with Crippen molar-refractivity contribution in [2.75, 3.05) is 0 Å². The highest BCUT2D eigenvalue weighted by Crippen LogP contribution is 2.17. The summed E-state index contributed by atoms with van der Waals surface area (Å²) in [4.78, 5) is 0. The van der Waals surface area contributed by atoms with Crippen LogP contribution in [-0.2, 0) is 0 Å². The Morgan fingerprint density at radius 1 is 1.67 bits per heavy atom. The fraction of sp³-hybridized carbons (Fsp3) is 0.714. The molecule has 0 aliphatic heterocycles. The van der Waals surface area contributed by atoms with Crippen LogP contribution in [0.4, 0.5) is 0 Å². The van der Waals surface area contributed by atoms with Crippen LogP contribution in [0.2, 0.25) is 0 Å². The van der Waals surface area contributed by atoms with Gasteiger partial charge in [-0.25, -0.2) is 0 Å². The molecule has 0 amide bonds. The molecule has 0 aromatic carbocycles. The maximum atomic E-state index is 9.32. The van der Waals surface area contributed by atoms with Crippen LogP contribution >= 0.6 is 0 Å². The topological polar surface area (TPSA) is 40.5 Å². The third-order valence-electron chi connectivity index (χ3n) is 1.68. The van der Waals surface area contributed by atoms with Crippen LogP contribution in [-0.4, -0.2) is 21.9 Å². The zero-order valence-electron chi connectivity index (χ0n) is 6.18. The minimum absolute atomic E-state index is 0.581. The molecule has 0 aromatic heterocycles. The molecule has 0 aliphatic rings. The van der Waals surface area contributed by atoms with Gasteiger partial charge in [0.15, 0.2) is 0 Å². The lowest BCUT2D eigenvalue weighted by atomic mass is 9.93. The Morgan fingerprint density at radius 2 is 2.00 bits per heavy atom. The molecule has 0 saturated carbocycles. The number of aliphatic hydroxyl groups excluding tert-OH is 1. The summed E-state index contributed by atoms with van der Waals surface area (Å²) in [6.45, 7) is 8.30. The van der Waals surface area contributed by atoms with Gasteiger partial charge in [0.05, 0.1) is 6.10 Å². The van der Waals surface area contributed by atoms with Crippen molar-refractivity contribution >= 4 is 0 Å². The zero-order chi connectivity index (χ0) is 7.65. The van der Waals surface area contributed by atoms with Gasteiger partial charge in [-0.15, -0.1) is 0 Å². The summed E-state index contributed by atoms with van der Waals surface area (Å²) >= 11 is 0. The van der Waals surface area contributed by atoms with E-state index in [1.807, 2.05) is 0 Å². The first-order valence-electron chi connectivity index (χ1n) is 2.95. The van der Waals surface area contributed by atoms with Crippen LogP contribution in [0.5, 0.6) is 0 Å². The Bertz CT molecular complexity index is 114. The van der Waals surface area contributed by atoms with Gasteiger partial charge >= 0.3 is 0 Å². The molecule has 0 heterocycles. The van der Waals surface area contributed by atoms with E-state index in [0.29, 0.717) is 5.57 Å². The van der Waals surface area contributed by atoms with E-state index in [0.717, 1.165) is 0 Å². The minimum atomic E-state index is -1.14. The predicted octanol–water partition coefficient (Wildman–Crippen LogP) is 0.694. The smallest absolute Gasteiger partial charge is 0.108 e. The second-order valence-electron chi connectivity index (χ2n) is 2.60. The van der Waals surface area contributed by atoms with Crippen molar-refractivity contribution in [2.45, 2.75) is 32.5 Å². The maximum Gasteiger partial charge on any atom is 0.108 e. The van der Waals surface area contributed by atoms with Gasteiger partial charge in [-0.3, -0.25) is 0 Å². The van der Waals surface area contributed by atoms with Crippen LogP contribution in [0.25, 0.3) is 0 Å². The summed E-state index contributed by atoms with van der Waals surface area (Å²) in [6.07, 6.45) is -0.755. The fourth-order valence-corrected chi connectivity index (χ4v) is 0.357. The number of rotatable bonds is 2. The van der Waals surface area contributed by atoms with E-state index in [2.05, 4.69) is 6.58 Å². The van der Waals surface area contributed by atoms with Crippen molar-refractivity contribution in [3.05, 3.63) is 12.2 Å². The summed E-state index contributed by atoms with van der Waals surface area (Å²) in [7, 11) is 0. The van der Waals surface area contributed by atoms with Crippen molar-refractivity contribution in [1.29, 1.82) is 0 Å². The van der Waals surface area contributed by atoms with Crippen molar-refractivity contribution < 1.29 is 10.2 Å². The molecule has 2 heteroatoms. The third kappa shape index (κ3) is 1.80. The van der Waals surface area contributed by atoms with Crippen LogP contribution < -0.4 is 0 Å². The Hall–Kier alpha value is -0.340. The van der Waals surface area contributed by atoms with Gasteiger partial charge in [0.1, 0.15) is 5.60 Å². The predicted molar refractivity (Wildman–Crippen MR) is 37.1 cm³/mol. The SMILES string of the molecule is C=C(C)[C@](C)(O)[C@H](C)O. The molecular formula is C7H14O2. The third-order valence-corrected chi connectivity index (χ3v) is 1.68. The molecule has 0 bridgehead atoms. The van der Waals surface area contributed by atoms with Gasteiger partial charge < -0.3 is 10.2 Å². The fourth-order valence-electron chi connectivity index (χ4n) is 0.357. The quantitative estimate of drug-likeness (QED) is 0.540. The molecule has 0 fully saturated rings. The van der Waals surface area contributed by atoms with Gasteiger partial charge in [-0.05, 0) is 26.3 Å². The van der Waals surface area contributed by atoms with Crippen LogP contribution in [0, 0.1) is 0 Å².